The number of halogens is 2. The number of rotatable bonds is 7. The van der Waals surface area contributed by atoms with Gasteiger partial charge in [-0.25, -0.2) is 8.78 Å². The summed E-state index contributed by atoms with van der Waals surface area (Å²) < 4.78 is 27.8. The summed E-state index contributed by atoms with van der Waals surface area (Å²) in [4.78, 5) is 23.4. The van der Waals surface area contributed by atoms with E-state index in [1.54, 1.807) is 0 Å². The highest BCUT2D eigenvalue weighted by molar-refractivity contribution is 5.83. The number of nitrogens with one attached hydrogen (secondary N) is 1. The molecule has 0 bridgehead atoms. The van der Waals surface area contributed by atoms with Crippen molar-refractivity contribution in [3.05, 3.63) is 71.3 Å². The van der Waals surface area contributed by atoms with Gasteiger partial charge in [-0.1, -0.05) is 36.4 Å². The van der Waals surface area contributed by atoms with E-state index in [1.165, 1.54) is 18.2 Å². The van der Waals surface area contributed by atoms with Crippen molar-refractivity contribution in [1.82, 2.24) is 5.32 Å². The van der Waals surface area contributed by atoms with Crippen LogP contribution >= 0.6 is 0 Å². The van der Waals surface area contributed by atoms with Gasteiger partial charge in [0.2, 0.25) is 5.91 Å². The van der Waals surface area contributed by atoms with Crippen LogP contribution in [0.3, 0.4) is 0 Å². The molecule has 2 aromatic rings. The third kappa shape index (κ3) is 4.07. The summed E-state index contributed by atoms with van der Waals surface area (Å²) in [7, 11) is 0. The van der Waals surface area contributed by atoms with Crippen LogP contribution in [-0.4, -0.2) is 17.0 Å². The van der Waals surface area contributed by atoms with Gasteiger partial charge in [-0.15, -0.1) is 0 Å². The molecule has 0 radical (unpaired) electrons. The summed E-state index contributed by atoms with van der Waals surface area (Å²) in [6.07, 6.45) is 0.538. The van der Waals surface area contributed by atoms with Crippen molar-refractivity contribution < 1.29 is 23.5 Å². The number of carbonyl (C=O) groups is 2. The topological polar surface area (TPSA) is 66.4 Å². The summed E-state index contributed by atoms with van der Waals surface area (Å²) in [5.74, 6) is -3.52. The average molecular weight is 359 g/mol. The third-order valence-corrected chi connectivity index (χ3v) is 4.66. The molecule has 1 fully saturated rings. The molecule has 136 valence electrons. The maximum absolute atomic E-state index is 13.9. The summed E-state index contributed by atoms with van der Waals surface area (Å²) in [5, 5.41) is 11.8. The number of hydrogen-bond donors (Lipinski definition) is 2. The lowest BCUT2D eigenvalue weighted by Gasteiger charge is -2.19. The van der Waals surface area contributed by atoms with Crippen molar-refractivity contribution in [3.63, 3.8) is 0 Å². The zero-order valence-corrected chi connectivity index (χ0v) is 14.0. The number of carbonyl (C=O) groups excluding carboxylic acids is 1. The highest BCUT2D eigenvalue weighted by atomic mass is 19.1. The molecular weight excluding hydrogens is 340 g/mol. The minimum Gasteiger partial charge on any atom is -0.481 e. The smallest absolute Gasteiger partial charge is 0.303 e. The number of amides is 1. The summed E-state index contributed by atoms with van der Waals surface area (Å²) in [5.41, 5.74) is 0.755. The fourth-order valence-corrected chi connectivity index (χ4v) is 3.22. The van der Waals surface area contributed by atoms with E-state index in [0.717, 1.165) is 5.56 Å². The Morgan fingerprint density at radius 2 is 1.73 bits per heavy atom. The predicted molar refractivity (Wildman–Crippen MR) is 91.4 cm³/mol. The van der Waals surface area contributed by atoms with Crippen LogP contribution in [-0.2, 0) is 9.59 Å². The van der Waals surface area contributed by atoms with Gasteiger partial charge < -0.3 is 10.4 Å². The molecule has 1 amide bonds. The second kappa shape index (κ2) is 7.64. The largest absolute Gasteiger partial charge is 0.481 e. The zero-order valence-electron chi connectivity index (χ0n) is 14.0. The second-order valence-corrected chi connectivity index (χ2v) is 6.49. The number of hydrogen-bond acceptors (Lipinski definition) is 2. The first-order chi connectivity index (χ1) is 12.5. The van der Waals surface area contributed by atoms with Gasteiger partial charge in [-0.3, -0.25) is 9.59 Å². The molecule has 2 N–H and O–H groups in total. The van der Waals surface area contributed by atoms with Crippen LogP contribution in [0.2, 0.25) is 0 Å². The van der Waals surface area contributed by atoms with Gasteiger partial charge in [0.05, 0.1) is 6.04 Å². The molecular formula is C20H19F2NO3. The Hall–Kier alpha value is -2.76. The van der Waals surface area contributed by atoms with Crippen LogP contribution in [0.5, 0.6) is 0 Å². The minimum atomic E-state index is -0.946. The first kappa shape index (κ1) is 18.0. The Labute approximate surface area is 149 Å². The number of carboxylic acid groups (broad SMARTS) is 1. The lowest BCUT2D eigenvalue weighted by atomic mass is 10.0. The maximum atomic E-state index is 13.9. The van der Waals surface area contributed by atoms with E-state index in [-0.39, 0.29) is 24.3 Å². The van der Waals surface area contributed by atoms with Crippen LogP contribution in [0.25, 0.3) is 0 Å². The molecule has 0 aliphatic heterocycles. The Morgan fingerprint density at radius 1 is 1.08 bits per heavy atom. The lowest BCUT2D eigenvalue weighted by molar-refractivity contribution is -0.137. The molecule has 0 aromatic heterocycles. The van der Waals surface area contributed by atoms with E-state index in [0.29, 0.717) is 6.42 Å². The van der Waals surface area contributed by atoms with Gasteiger partial charge in [-0.05, 0) is 30.5 Å². The van der Waals surface area contributed by atoms with Gasteiger partial charge in [0.25, 0.3) is 0 Å². The van der Waals surface area contributed by atoms with E-state index in [2.05, 4.69) is 5.32 Å². The molecule has 0 spiro atoms. The summed E-state index contributed by atoms with van der Waals surface area (Å²) in [6, 6.07) is 12.3. The van der Waals surface area contributed by atoms with Gasteiger partial charge in [-0.2, -0.15) is 0 Å². The van der Waals surface area contributed by atoms with E-state index in [9.17, 15) is 18.4 Å². The lowest BCUT2D eigenvalue weighted by Crippen LogP contribution is -2.30. The highest BCUT2D eigenvalue weighted by Gasteiger charge is 2.47. The molecule has 1 saturated carbocycles. The minimum absolute atomic E-state index is 0.0468. The standard InChI is InChI=1S/C20H19F2NO3/c21-15-7-4-8-16(22)19(15)13-11-14(13)20(26)23-17(9-10-18(24)25)12-5-2-1-3-6-12/h1-8,13-14,17H,9-11H2,(H,23,26)(H,24,25). The molecule has 3 atom stereocenters. The fourth-order valence-electron chi connectivity index (χ4n) is 3.22. The molecule has 6 heteroatoms. The Kier molecular flexibility index (Phi) is 5.30. The quantitative estimate of drug-likeness (QED) is 0.790. The van der Waals surface area contributed by atoms with E-state index >= 15 is 0 Å². The van der Waals surface area contributed by atoms with Crippen molar-refractivity contribution in [1.29, 1.82) is 0 Å². The molecule has 3 unspecified atom stereocenters. The van der Waals surface area contributed by atoms with Crippen LogP contribution in [0, 0.1) is 17.6 Å². The molecule has 2 aromatic carbocycles. The molecule has 4 nitrogen and oxygen atoms in total. The van der Waals surface area contributed by atoms with Gasteiger partial charge in [0.1, 0.15) is 11.6 Å². The fraction of sp³-hybridized carbons (Fsp3) is 0.300. The SMILES string of the molecule is O=C(O)CCC(NC(=O)C1CC1c1c(F)cccc1F)c1ccccc1. The second-order valence-electron chi connectivity index (χ2n) is 6.49. The first-order valence-corrected chi connectivity index (χ1v) is 8.48. The van der Waals surface area contributed by atoms with Crippen LogP contribution in [0.15, 0.2) is 48.5 Å². The van der Waals surface area contributed by atoms with Gasteiger partial charge in [0, 0.05) is 23.8 Å². The zero-order chi connectivity index (χ0) is 18.7. The van der Waals surface area contributed by atoms with Crippen molar-refractivity contribution in [2.75, 3.05) is 0 Å². The van der Waals surface area contributed by atoms with Crippen LogP contribution in [0.4, 0.5) is 8.78 Å². The molecule has 0 saturated heterocycles. The monoisotopic (exact) mass is 359 g/mol. The van der Waals surface area contributed by atoms with E-state index in [4.69, 9.17) is 5.11 Å². The van der Waals surface area contributed by atoms with Gasteiger partial charge >= 0.3 is 5.97 Å². The summed E-state index contributed by atoms with van der Waals surface area (Å²) in [6.45, 7) is 0. The van der Waals surface area contributed by atoms with Crippen molar-refractivity contribution in [2.45, 2.75) is 31.2 Å². The van der Waals surface area contributed by atoms with Crippen molar-refractivity contribution >= 4 is 11.9 Å². The van der Waals surface area contributed by atoms with Crippen molar-refractivity contribution in [2.24, 2.45) is 5.92 Å². The molecule has 1 aliphatic carbocycles. The predicted octanol–water partition coefficient (Wildman–Crippen LogP) is 3.79. The highest BCUT2D eigenvalue weighted by Crippen LogP contribution is 2.49. The normalized spacial score (nSPS) is 19.6. The number of carboxylic acids is 1. The summed E-state index contributed by atoms with van der Waals surface area (Å²) >= 11 is 0. The van der Waals surface area contributed by atoms with Crippen LogP contribution in [0.1, 0.15) is 42.3 Å². The molecule has 26 heavy (non-hydrogen) atoms. The van der Waals surface area contributed by atoms with Crippen molar-refractivity contribution in [3.8, 4) is 0 Å². The Bertz CT molecular complexity index is 790. The third-order valence-electron chi connectivity index (χ3n) is 4.66. The Morgan fingerprint density at radius 3 is 2.35 bits per heavy atom. The number of benzene rings is 2. The van der Waals surface area contributed by atoms with E-state index in [1.807, 2.05) is 30.3 Å². The average Bonchev–Trinajstić information content (AvgIpc) is 3.39. The van der Waals surface area contributed by atoms with Gasteiger partial charge in [0.15, 0.2) is 0 Å². The number of aliphatic carboxylic acids is 1. The molecule has 1 aliphatic rings. The maximum Gasteiger partial charge on any atom is 0.303 e. The molecule has 3 rings (SSSR count). The van der Waals surface area contributed by atoms with E-state index < -0.39 is 35.5 Å². The van der Waals surface area contributed by atoms with Crippen LogP contribution < -0.4 is 5.32 Å². The first-order valence-electron chi connectivity index (χ1n) is 8.48. The Balaban J connectivity index is 1.70. The molecule has 0 heterocycles.